The van der Waals surface area contributed by atoms with E-state index in [1.807, 2.05) is 0 Å². The molecule has 1 aliphatic heterocycles. The maximum Gasteiger partial charge on any atom is 0.397 e. The number of carbonyl (C=O) groups is 1. The average Bonchev–Trinajstić information content (AvgIpc) is 3.23. The monoisotopic (exact) mass is 890 g/mol. The summed E-state index contributed by atoms with van der Waals surface area (Å²) >= 11 is 0. The number of nitrogens with one attached hydrogen (secondary N) is 1. The van der Waals surface area contributed by atoms with Gasteiger partial charge in [-0.1, -0.05) is 192 Å². The van der Waals surface area contributed by atoms with Crippen LogP contribution in [0, 0.1) is 0 Å². The Labute approximate surface area is 369 Å². The molecule has 61 heavy (non-hydrogen) atoms. The molecule has 8 atom stereocenters. The van der Waals surface area contributed by atoms with E-state index in [0.29, 0.717) is 12.8 Å². The van der Waals surface area contributed by atoms with E-state index in [9.17, 15) is 38.7 Å². The highest BCUT2D eigenvalue weighted by Gasteiger charge is 2.48. The number of ether oxygens (including phenoxy) is 2. The van der Waals surface area contributed by atoms with Crippen LogP contribution < -0.4 is 5.32 Å². The van der Waals surface area contributed by atoms with Crippen LogP contribution in [-0.4, -0.2) is 107 Å². The lowest BCUT2D eigenvalue weighted by Crippen LogP contribution is -2.61. The van der Waals surface area contributed by atoms with E-state index in [4.69, 9.17) is 14.0 Å². The van der Waals surface area contributed by atoms with Crippen LogP contribution in [0.25, 0.3) is 0 Å². The van der Waals surface area contributed by atoms with Crippen molar-refractivity contribution in [1.29, 1.82) is 0 Å². The van der Waals surface area contributed by atoms with E-state index in [0.717, 1.165) is 44.9 Å². The van der Waals surface area contributed by atoms with Crippen molar-refractivity contribution >= 4 is 16.3 Å². The third kappa shape index (κ3) is 30.1. The van der Waals surface area contributed by atoms with Gasteiger partial charge >= 0.3 is 10.4 Å². The average molecular weight is 890 g/mol. The first-order chi connectivity index (χ1) is 29.4. The van der Waals surface area contributed by atoms with Gasteiger partial charge in [0.05, 0.1) is 25.4 Å². The van der Waals surface area contributed by atoms with Crippen molar-refractivity contribution in [3.8, 4) is 0 Å². The molecule has 0 aromatic heterocycles. The molecule has 1 heterocycles. The molecule has 14 heteroatoms. The smallest absolute Gasteiger partial charge is 0.394 e. The van der Waals surface area contributed by atoms with Gasteiger partial charge in [0.25, 0.3) is 0 Å². The molecule has 0 spiro atoms. The van der Waals surface area contributed by atoms with E-state index >= 15 is 0 Å². The molecular weight excluding hydrogens is 803 g/mol. The Bertz CT molecular complexity index is 1250. The second-order valence-corrected chi connectivity index (χ2v) is 17.8. The topological polar surface area (TPSA) is 212 Å². The Hall–Kier alpha value is -1.72. The number of carbonyl (C=O) groups excluding carboxylic acids is 1. The number of rotatable bonds is 40. The van der Waals surface area contributed by atoms with Crippen LogP contribution in [-0.2, 0) is 28.9 Å². The maximum absolute atomic E-state index is 13.1. The van der Waals surface area contributed by atoms with Crippen LogP contribution in [0.4, 0.5) is 0 Å². The minimum atomic E-state index is -5.12. The van der Waals surface area contributed by atoms with Crippen LogP contribution in [0.2, 0.25) is 0 Å². The summed E-state index contributed by atoms with van der Waals surface area (Å²) in [6, 6.07) is -1.14. The van der Waals surface area contributed by atoms with Crippen LogP contribution in [0.3, 0.4) is 0 Å². The number of unbranched alkanes of at least 4 members (excludes halogenated alkanes) is 23. The summed E-state index contributed by atoms with van der Waals surface area (Å²) in [4.78, 5) is 13.1. The molecule has 358 valence electrons. The first kappa shape index (κ1) is 57.3. The van der Waals surface area contributed by atoms with Gasteiger partial charge in [-0.15, -0.1) is 0 Å². The Balaban J connectivity index is 2.45. The van der Waals surface area contributed by atoms with Crippen molar-refractivity contribution in [3.63, 3.8) is 0 Å². The van der Waals surface area contributed by atoms with Crippen LogP contribution in [0.5, 0.6) is 0 Å². The van der Waals surface area contributed by atoms with Gasteiger partial charge in [-0.2, -0.15) is 8.42 Å². The molecular formula is C47H87NO12S. The third-order valence-corrected chi connectivity index (χ3v) is 11.7. The van der Waals surface area contributed by atoms with E-state index < -0.39 is 78.5 Å². The molecule has 1 amide bonds. The molecule has 0 aromatic rings. The number of amides is 1. The second-order valence-electron chi connectivity index (χ2n) is 16.8. The molecule has 7 N–H and O–H groups in total. The summed E-state index contributed by atoms with van der Waals surface area (Å²) in [7, 11) is -5.12. The number of hydrogen-bond acceptors (Lipinski definition) is 11. The number of aliphatic hydroxyl groups excluding tert-OH is 5. The molecule has 8 unspecified atom stereocenters. The fourth-order valence-corrected chi connectivity index (χ4v) is 8.01. The van der Waals surface area contributed by atoms with E-state index in [2.05, 4.69) is 47.7 Å². The SMILES string of the molecule is CC/C=C/CC/C=C/CC/C=C/C(O)C(COC1OC(CO)C(O)C(OS(=O)(=O)O)C1O)NC(=O)C(O)CCCCCCCCCCCCCCCCCCCCCCCC. The molecule has 1 saturated heterocycles. The normalized spacial score (nSPS) is 21.5. The largest absolute Gasteiger partial charge is 0.397 e. The molecule has 1 aliphatic rings. The number of aliphatic hydroxyl groups is 5. The van der Waals surface area contributed by atoms with E-state index in [-0.39, 0.29) is 6.42 Å². The van der Waals surface area contributed by atoms with Crippen LogP contribution >= 0.6 is 0 Å². The van der Waals surface area contributed by atoms with Crippen molar-refractivity contribution in [3.05, 3.63) is 36.5 Å². The molecule has 0 bridgehead atoms. The van der Waals surface area contributed by atoms with Crippen molar-refractivity contribution in [1.82, 2.24) is 5.32 Å². The summed E-state index contributed by atoms with van der Waals surface area (Å²) in [6.07, 6.45) is 32.6. The molecule has 0 aromatic carbocycles. The van der Waals surface area contributed by atoms with Gasteiger partial charge in [0.1, 0.15) is 30.5 Å². The highest BCUT2D eigenvalue weighted by atomic mass is 32.3. The number of hydrogen-bond donors (Lipinski definition) is 7. The fraction of sp³-hybridized carbons (Fsp3) is 0.851. The van der Waals surface area contributed by atoms with E-state index in [1.165, 1.54) is 122 Å². The van der Waals surface area contributed by atoms with Crippen molar-refractivity contribution in [2.24, 2.45) is 0 Å². The molecule has 0 aliphatic carbocycles. The van der Waals surface area contributed by atoms with Gasteiger partial charge in [-0.25, -0.2) is 4.18 Å². The van der Waals surface area contributed by atoms with E-state index in [1.54, 1.807) is 6.08 Å². The zero-order valence-corrected chi connectivity index (χ0v) is 38.7. The lowest BCUT2D eigenvalue weighted by molar-refractivity contribution is -0.298. The first-order valence-electron chi connectivity index (χ1n) is 24.0. The lowest BCUT2D eigenvalue weighted by Gasteiger charge is -2.41. The summed E-state index contributed by atoms with van der Waals surface area (Å²) in [5.41, 5.74) is 0. The zero-order valence-electron chi connectivity index (χ0n) is 37.8. The van der Waals surface area contributed by atoms with Gasteiger partial charge in [-0.3, -0.25) is 9.35 Å². The standard InChI is InChI=1S/C47H87NO12S/c1-3-5-7-9-11-13-15-16-17-18-19-20-21-22-23-24-25-26-28-30-32-34-36-41(51)46(54)48-39(40(50)35-33-31-29-27-14-12-10-8-6-4-2)38-58-47-44(53)45(60-61(55,56)57)43(52)42(37-49)59-47/h6,8,14,27,33,35,39-45,47,49-53H,3-5,7,9-13,15-26,28-32,34,36-38H2,1-2H3,(H,48,54)(H,55,56,57)/b8-6+,27-14+,35-33+. The maximum atomic E-state index is 13.1. The van der Waals surface area contributed by atoms with Crippen LogP contribution in [0.1, 0.15) is 194 Å². The fourth-order valence-electron chi connectivity index (χ4n) is 7.50. The lowest BCUT2D eigenvalue weighted by atomic mass is 9.99. The van der Waals surface area contributed by atoms with Gasteiger partial charge < -0.3 is 40.3 Å². The predicted octanol–water partition coefficient (Wildman–Crippen LogP) is 8.47. The molecule has 13 nitrogen and oxygen atoms in total. The predicted molar refractivity (Wildman–Crippen MR) is 242 cm³/mol. The Morgan fingerprint density at radius 3 is 1.56 bits per heavy atom. The Morgan fingerprint density at radius 2 is 1.11 bits per heavy atom. The minimum Gasteiger partial charge on any atom is -0.394 e. The Kier molecular flexibility index (Phi) is 35.4. The second kappa shape index (κ2) is 37.6. The highest BCUT2D eigenvalue weighted by molar-refractivity contribution is 7.80. The zero-order chi connectivity index (χ0) is 45.0. The summed E-state index contributed by atoms with van der Waals surface area (Å²) < 4.78 is 47.4. The molecule has 0 saturated carbocycles. The van der Waals surface area contributed by atoms with Gasteiger partial charge in [0.15, 0.2) is 6.29 Å². The van der Waals surface area contributed by atoms with Crippen molar-refractivity contribution in [2.75, 3.05) is 13.2 Å². The quantitative estimate of drug-likeness (QED) is 0.0175. The first-order valence-corrected chi connectivity index (χ1v) is 25.3. The van der Waals surface area contributed by atoms with Gasteiger partial charge in [0.2, 0.25) is 5.91 Å². The Morgan fingerprint density at radius 1 is 0.672 bits per heavy atom. The molecule has 1 rings (SSSR count). The van der Waals surface area contributed by atoms with Gasteiger partial charge in [-0.05, 0) is 38.5 Å². The summed E-state index contributed by atoms with van der Waals surface area (Å²) in [6.45, 7) is 3.07. The number of allylic oxidation sites excluding steroid dienone is 5. The van der Waals surface area contributed by atoms with Crippen LogP contribution in [0.15, 0.2) is 36.5 Å². The molecule has 0 radical (unpaired) electrons. The minimum absolute atomic E-state index is 0.236. The highest BCUT2D eigenvalue weighted by Crippen LogP contribution is 2.26. The van der Waals surface area contributed by atoms with Gasteiger partial charge in [0, 0.05) is 0 Å². The van der Waals surface area contributed by atoms with Crippen molar-refractivity contribution in [2.45, 2.75) is 243 Å². The summed E-state index contributed by atoms with van der Waals surface area (Å²) in [5, 5.41) is 55.1. The third-order valence-electron chi connectivity index (χ3n) is 11.3. The van der Waals surface area contributed by atoms with Crippen molar-refractivity contribution < 1.29 is 57.0 Å². The molecule has 1 fully saturated rings. The summed E-state index contributed by atoms with van der Waals surface area (Å²) in [5.74, 6) is -0.717.